The largest absolute Gasteiger partial charge is 0.345 e. The first-order chi connectivity index (χ1) is 7.15. The lowest BCUT2D eigenvalue weighted by atomic mass is 10.2. The van der Waals surface area contributed by atoms with E-state index in [9.17, 15) is 0 Å². The highest BCUT2D eigenvalue weighted by Crippen LogP contribution is 2.36. The van der Waals surface area contributed by atoms with Crippen molar-refractivity contribution in [3.63, 3.8) is 0 Å². The molecule has 80 valence electrons. The Morgan fingerprint density at radius 2 is 2.13 bits per heavy atom. The van der Waals surface area contributed by atoms with Crippen molar-refractivity contribution in [2.45, 2.75) is 6.54 Å². The molecule has 0 unspecified atom stereocenters. The second-order valence-corrected chi connectivity index (χ2v) is 4.85. The molecule has 0 radical (unpaired) electrons. The molecule has 0 amide bonds. The molecule has 0 saturated heterocycles. The molecule has 1 aromatic carbocycles. The van der Waals surface area contributed by atoms with Gasteiger partial charge in [0.25, 0.3) is 0 Å². The van der Waals surface area contributed by atoms with Crippen molar-refractivity contribution in [3.05, 3.63) is 32.8 Å². The molecule has 1 aromatic heterocycles. The summed E-state index contributed by atoms with van der Waals surface area (Å²) in [5.41, 5.74) is 6.46. The second-order valence-electron chi connectivity index (χ2n) is 3.21. The Hall–Kier alpha value is -0.220. The zero-order chi connectivity index (χ0) is 11.0. The van der Waals surface area contributed by atoms with Crippen LogP contribution in [0.5, 0.6) is 0 Å². The average molecular weight is 308 g/mol. The van der Waals surface area contributed by atoms with Crippen LogP contribution in [-0.2, 0) is 6.54 Å². The molecular weight excluding hydrogens is 299 g/mol. The van der Waals surface area contributed by atoms with Gasteiger partial charge in [-0.25, -0.2) is 0 Å². The summed E-state index contributed by atoms with van der Waals surface area (Å²) in [5, 5.41) is 2.18. The number of nitrogens with two attached hydrogens (primary N) is 1. The van der Waals surface area contributed by atoms with Crippen LogP contribution in [0.15, 0.2) is 22.8 Å². The topological polar surface area (TPSA) is 30.9 Å². The van der Waals surface area contributed by atoms with Crippen LogP contribution < -0.4 is 5.73 Å². The fourth-order valence-electron chi connectivity index (χ4n) is 1.60. The summed E-state index contributed by atoms with van der Waals surface area (Å²) >= 11 is 15.6. The first kappa shape index (κ1) is 11.3. The lowest BCUT2D eigenvalue weighted by Crippen LogP contribution is -2.08. The van der Waals surface area contributed by atoms with Crippen LogP contribution in [0.3, 0.4) is 0 Å². The first-order valence-electron chi connectivity index (χ1n) is 4.47. The van der Waals surface area contributed by atoms with Gasteiger partial charge in [-0.3, -0.25) is 0 Å². The Morgan fingerprint density at radius 1 is 1.40 bits per heavy atom. The van der Waals surface area contributed by atoms with E-state index in [0.29, 0.717) is 16.6 Å². The molecule has 0 atom stereocenters. The standard InChI is InChI=1S/C10H9BrCl2N2/c11-7-5-8(12)9(13)10-6(7)1-3-15(10)4-2-14/h1,3,5H,2,4,14H2. The van der Waals surface area contributed by atoms with E-state index in [4.69, 9.17) is 28.9 Å². The van der Waals surface area contributed by atoms with Crippen molar-refractivity contribution in [2.75, 3.05) is 6.54 Å². The third-order valence-corrected chi connectivity index (χ3v) is 3.70. The highest BCUT2D eigenvalue weighted by molar-refractivity contribution is 9.10. The van der Waals surface area contributed by atoms with Gasteiger partial charge in [0.2, 0.25) is 0 Å². The van der Waals surface area contributed by atoms with E-state index in [1.54, 1.807) is 6.07 Å². The fourth-order valence-corrected chi connectivity index (χ4v) is 2.74. The molecule has 2 aromatic rings. The van der Waals surface area contributed by atoms with Crippen LogP contribution in [0.2, 0.25) is 10.0 Å². The van der Waals surface area contributed by atoms with Crippen LogP contribution in [0, 0.1) is 0 Å². The lowest BCUT2D eigenvalue weighted by molar-refractivity contribution is 0.735. The molecule has 1 heterocycles. The zero-order valence-electron chi connectivity index (χ0n) is 7.80. The van der Waals surface area contributed by atoms with Crippen LogP contribution in [-0.4, -0.2) is 11.1 Å². The van der Waals surface area contributed by atoms with E-state index in [0.717, 1.165) is 21.9 Å². The number of hydrogen-bond acceptors (Lipinski definition) is 1. The van der Waals surface area contributed by atoms with E-state index in [1.165, 1.54) is 0 Å². The molecule has 2 N–H and O–H groups in total. The number of nitrogens with zero attached hydrogens (tertiary/aromatic N) is 1. The van der Waals surface area contributed by atoms with E-state index < -0.39 is 0 Å². The van der Waals surface area contributed by atoms with E-state index in [1.807, 2.05) is 16.8 Å². The van der Waals surface area contributed by atoms with Gasteiger partial charge in [-0.1, -0.05) is 39.1 Å². The third-order valence-electron chi connectivity index (χ3n) is 2.26. The molecule has 0 aliphatic carbocycles. The summed E-state index contributed by atoms with van der Waals surface area (Å²) in [6.45, 7) is 1.31. The lowest BCUT2D eigenvalue weighted by Gasteiger charge is -2.06. The van der Waals surface area contributed by atoms with Crippen molar-refractivity contribution >= 4 is 50.0 Å². The minimum atomic E-state index is 0.549. The quantitative estimate of drug-likeness (QED) is 0.843. The Bertz CT molecular complexity index is 508. The SMILES string of the molecule is NCCn1ccc2c(Br)cc(Cl)c(Cl)c21. The van der Waals surface area contributed by atoms with Crippen LogP contribution in [0.25, 0.3) is 10.9 Å². The normalized spacial score (nSPS) is 11.2. The molecule has 0 fully saturated rings. The van der Waals surface area contributed by atoms with Crippen LogP contribution >= 0.6 is 39.1 Å². The van der Waals surface area contributed by atoms with Crippen LogP contribution in [0.1, 0.15) is 0 Å². The minimum absolute atomic E-state index is 0.549. The van der Waals surface area contributed by atoms with E-state index in [-0.39, 0.29) is 0 Å². The maximum absolute atomic E-state index is 6.17. The highest BCUT2D eigenvalue weighted by Gasteiger charge is 2.11. The van der Waals surface area contributed by atoms with Gasteiger partial charge in [-0.15, -0.1) is 0 Å². The number of fused-ring (bicyclic) bond motifs is 1. The number of benzene rings is 1. The fraction of sp³-hybridized carbons (Fsp3) is 0.200. The summed E-state index contributed by atoms with van der Waals surface area (Å²) in [6.07, 6.45) is 1.96. The van der Waals surface area contributed by atoms with Crippen molar-refractivity contribution in [3.8, 4) is 0 Å². The molecule has 0 spiro atoms. The third kappa shape index (κ3) is 1.89. The van der Waals surface area contributed by atoms with Crippen molar-refractivity contribution < 1.29 is 0 Å². The number of halogens is 3. The highest BCUT2D eigenvalue weighted by atomic mass is 79.9. The van der Waals surface area contributed by atoms with Crippen molar-refractivity contribution in [2.24, 2.45) is 5.73 Å². The average Bonchev–Trinajstić information content (AvgIpc) is 2.60. The number of aromatic nitrogens is 1. The zero-order valence-corrected chi connectivity index (χ0v) is 10.9. The monoisotopic (exact) mass is 306 g/mol. The summed E-state index contributed by atoms with van der Waals surface area (Å²) in [4.78, 5) is 0. The van der Waals surface area contributed by atoms with Crippen LogP contribution in [0.4, 0.5) is 0 Å². The second kappa shape index (κ2) is 4.34. The van der Waals surface area contributed by atoms with Gasteiger partial charge in [0.05, 0.1) is 15.6 Å². The maximum Gasteiger partial charge on any atom is 0.0836 e. The maximum atomic E-state index is 6.17. The molecule has 0 bridgehead atoms. The van der Waals surface area contributed by atoms with E-state index in [2.05, 4.69) is 15.9 Å². The Kier molecular flexibility index (Phi) is 3.26. The molecule has 2 nitrogen and oxygen atoms in total. The van der Waals surface area contributed by atoms with Crippen molar-refractivity contribution in [1.82, 2.24) is 4.57 Å². The summed E-state index contributed by atoms with van der Waals surface area (Å²) in [6, 6.07) is 3.80. The minimum Gasteiger partial charge on any atom is -0.345 e. The Balaban J connectivity index is 2.77. The van der Waals surface area contributed by atoms with E-state index >= 15 is 0 Å². The molecular formula is C10H9BrCl2N2. The predicted molar refractivity (Wildman–Crippen MR) is 68.7 cm³/mol. The molecule has 0 saturated carbocycles. The smallest absolute Gasteiger partial charge is 0.0836 e. The first-order valence-corrected chi connectivity index (χ1v) is 6.02. The number of rotatable bonds is 2. The number of hydrogen-bond donors (Lipinski definition) is 1. The Labute approximate surface area is 106 Å². The van der Waals surface area contributed by atoms with Gasteiger partial charge in [-0.2, -0.15) is 0 Å². The van der Waals surface area contributed by atoms with Gasteiger partial charge in [0.15, 0.2) is 0 Å². The van der Waals surface area contributed by atoms with Crippen molar-refractivity contribution in [1.29, 1.82) is 0 Å². The molecule has 0 aliphatic rings. The predicted octanol–water partition coefficient (Wildman–Crippen LogP) is 3.67. The van der Waals surface area contributed by atoms with Gasteiger partial charge >= 0.3 is 0 Å². The molecule has 5 heteroatoms. The summed E-state index contributed by atoms with van der Waals surface area (Å²) < 4.78 is 2.96. The van der Waals surface area contributed by atoms with Gasteiger partial charge in [0, 0.05) is 29.1 Å². The van der Waals surface area contributed by atoms with Gasteiger partial charge < -0.3 is 10.3 Å². The molecule has 2 rings (SSSR count). The Morgan fingerprint density at radius 3 is 2.80 bits per heavy atom. The van der Waals surface area contributed by atoms with Gasteiger partial charge in [0.1, 0.15) is 0 Å². The summed E-state index contributed by atoms with van der Waals surface area (Å²) in [7, 11) is 0. The molecule has 0 aliphatic heterocycles. The molecule has 15 heavy (non-hydrogen) atoms. The summed E-state index contributed by atoms with van der Waals surface area (Å²) in [5.74, 6) is 0. The van der Waals surface area contributed by atoms with Gasteiger partial charge in [-0.05, 0) is 12.1 Å².